The van der Waals surface area contributed by atoms with Crippen LogP contribution in [0.4, 0.5) is 0 Å². The van der Waals surface area contributed by atoms with Crippen LogP contribution in [0, 0.1) is 0 Å². The number of aliphatic imine (C=N–C) groups is 1. The summed E-state index contributed by atoms with van der Waals surface area (Å²) in [5.74, 6) is 1.00. The van der Waals surface area contributed by atoms with Crippen molar-refractivity contribution in [3.63, 3.8) is 0 Å². The number of rotatable bonds is 5. The molecule has 3 rings (SSSR count). The quantitative estimate of drug-likeness (QED) is 0.480. The fourth-order valence-corrected chi connectivity index (χ4v) is 3.76. The lowest BCUT2D eigenvalue weighted by Crippen LogP contribution is -2.45. The van der Waals surface area contributed by atoms with Gasteiger partial charge in [-0.2, -0.15) is 5.10 Å². The van der Waals surface area contributed by atoms with Gasteiger partial charge in [-0.1, -0.05) is 12.2 Å². The molecule has 1 fully saturated rings. The Morgan fingerprint density at radius 2 is 2.16 bits per heavy atom. The van der Waals surface area contributed by atoms with Crippen LogP contribution in [-0.4, -0.2) is 90.3 Å². The van der Waals surface area contributed by atoms with Crippen LogP contribution in [0.15, 0.2) is 29.5 Å². The number of guanidine groups is 1. The van der Waals surface area contributed by atoms with Gasteiger partial charge in [0.05, 0.1) is 12.2 Å². The van der Waals surface area contributed by atoms with E-state index in [-0.39, 0.29) is 6.04 Å². The van der Waals surface area contributed by atoms with Crippen molar-refractivity contribution in [2.45, 2.75) is 18.5 Å². The molecule has 1 aromatic rings. The summed E-state index contributed by atoms with van der Waals surface area (Å²) in [5, 5.41) is 7.88. The van der Waals surface area contributed by atoms with E-state index >= 15 is 0 Å². The molecule has 3 heterocycles. The van der Waals surface area contributed by atoms with Gasteiger partial charge in [-0.25, -0.2) is 0 Å². The first-order valence-electron chi connectivity index (χ1n) is 9.08. The second-order valence-corrected chi connectivity index (χ2v) is 7.17. The van der Waals surface area contributed by atoms with E-state index < -0.39 is 0 Å². The maximum absolute atomic E-state index is 4.52. The van der Waals surface area contributed by atoms with Crippen LogP contribution in [0.5, 0.6) is 0 Å². The second kappa shape index (κ2) is 8.01. The van der Waals surface area contributed by atoms with Crippen molar-refractivity contribution in [2.75, 3.05) is 53.9 Å². The number of hydrogen-bond acceptors (Lipinski definition) is 4. The van der Waals surface area contributed by atoms with E-state index in [1.807, 2.05) is 25.0 Å². The number of hydrogen-bond donors (Lipinski definition) is 1. The van der Waals surface area contributed by atoms with Crippen LogP contribution in [-0.2, 0) is 7.05 Å². The van der Waals surface area contributed by atoms with Gasteiger partial charge in [-0.3, -0.25) is 14.6 Å². The molecule has 0 saturated carbocycles. The lowest BCUT2D eigenvalue weighted by atomic mass is 10.1. The molecule has 1 aromatic heterocycles. The van der Waals surface area contributed by atoms with Crippen LogP contribution in [0.1, 0.15) is 18.0 Å². The number of nitrogens with zero attached hydrogens (tertiary/aromatic N) is 6. The van der Waals surface area contributed by atoms with Gasteiger partial charge in [-0.15, -0.1) is 0 Å². The van der Waals surface area contributed by atoms with E-state index in [1.165, 1.54) is 12.0 Å². The van der Waals surface area contributed by atoms with E-state index in [0.717, 1.165) is 38.7 Å². The van der Waals surface area contributed by atoms with Gasteiger partial charge in [0.1, 0.15) is 0 Å². The molecule has 7 heteroatoms. The Morgan fingerprint density at radius 3 is 2.76 bits per heavy atom. The Kier molecular flexibility index (Phi) is 5.75. The Bertz CT molecular complexity index is 611. The zero-order chi connectivity index (χ0) is 17.8. The zero-order valence-corrected chi connectivity index (χ0v) is 15.9. The predicted molar refractivity (Wildman–Crippen MR) is 102 cm³/mol. The minimum atomic E-state index is 0.270. The molecular formula is C18H31N7. The molecule has 0 aromatic carbocycles. The van der Waals surface area contributed by atoms with Crippen molar-refractivity contribution < 1.29 is 0 Å². The van der Waals surface area contributed by atoms with Crippen molar-refractivity contribution in [1.82, 2.24) is 29.8 Å². The average molecular weight is 345 g/mol. The molecule has 25 heavy (non-hydrogen) atoms. The Labute approximate surface area is 151 Å². The van der Waals surface area contributed by atoms with Gasteiger partial charge < -0.3 is 15.1 Å². The first-order chi connectivity index (χ1) is 12.1. The summed E-state index contributed by atoms with van der Waals surface area (Å²) >= 11 is 0. The topological polar surface area (TPSA) is 51.9 Å². The lowest BCUT2D eigenvalue weighted by molar-refractivity contribution is 0.258. The summed E-state index contributed by atoms with van der Waals surface area (Å²) in [6, 6.07) is 0.906. The molecule has 2 unspecified atom stereocenters. The summed E-state index contributed by atoms with van der Waals surface area (Å²) < 4.78 is 1.86. The second-order valence-electron chi connectivity index (χ2n) is 7.17. The molecule has 7 nitrogen and oxygen atoms in total. The zero-order valence-electron chi connectivity index (χ0n) is 15.9. The molecule has 0 bridgehead atoms. The first-order valence-corrected chi connectivity index (χ1v) is 9.08. The van der Waals surface area contributed by atoms with Gasteiger partial charge in [0.2, 0.25) is 0 Å². The van der Waals surface area contributed by atoms with E-state index in [4.69, 9.17) is 0 Å². The minimum Gasteiger partial charge on any atom is -0.354 e. The summed E-state index contributed by atoms with van der Waals surface area (Å²) in [6.07, 6.45) is 9.78. The molecular weight excluding hydrogens is 314 g/mol. The predicted octanol–water partition coefficient (Wildman–Crippen LogP) is 0.544. The third-order valence-electron chi connectivity index (χ3n) is 5.22. The molecule has 1 N–H and O–H groups in total. The molecule has 1 saturated heterocycles. The van der Waals surface area contributed by atoms with Gasteiger partial charge in [0, 0.05) is 64.6 Å². The molecule has 138 valence electrons. The number of likely N-dealkylation sites (N-methyl/N-ethyl adjacent to an activating group) is 1. The highest BCUT2D eigenvalue weighted by molar-refractivity contribution is 5.80. The molecule has 2 aliphatic heterocycles. The van der Waals surface area contributed by atoms with Crippen molar-refractivity contribution in [3.05, 3.63) is 30.1 Å². The first kappa shape index (κ1) is 17.9. The highest BCUT2D eigenvalue weighted by Crippen LogP contribution is 2.19. The SMILES string of the molecule is CN=C(NCC(c1cnn(C)c1)N(C)C)N1CCC(N2CC=CC2)C1. The van der Waals surface area contributed by atoms with Gasteiger partial charge in [0.25, 0.3) is 0 Å². The number of aryl methyl sites for hydroxylation is 1. The van der Waals surface area contributed by atoms with E-state index in [9.17, 15) is 0 Å². The van der Waals surface area contributed by atoms with Crippen molar-refractivity contribution in [3.8, 4) is 0 Å². The average Bonchev–Trinajstić information content (AvgIpc) is 3.32. The van der Waals surface area contributed by atoms with Crippen LogP contribution in [0.2, 0.25) is 0 Å². The van der Waals surface area contributed by atoms with Crippen LogP contribution in [0.25, 0.3) is 0 Å². The molecule has 0 amide bonds. The van der Waals surface area contributed by atoms with Gasteiger partial charge in [0.15, 0.2) is 5.96 Å². The van der Waals surface area contributed by atoms with Crippen molar-refractivity contribution in [1.29, 1.82) is 0 Å². The highest BCUT2D eigenvalue weighted by Gasteiger charge is 2.29. The molecule has 0 spiro atoms. The smallest absolute Gasteiger partial charge is 0.193 e. The standard InChI is InChI=1S/C18H31N7/c1-19-18(25-10-7-16(14-25)24-8-5-6-9-24)20-12-17(22(2)3)15-11-21-23(4)13-15/h5-6,11,13,16-17H,7-10,12,14H2,1-4H3,(H,19,20). The van der Waals surface area contributed by atoms with E-state index in [0.29, 0.717) is 6.04 Å². The van der Waals surface area contributed by atoms with Crippen LogP contribution < -0.4 is 5.32 Å². The number of likely N-dealkylation sites (tertiary alicyclic amines) is 1. The van der Waals surface area contributed by atoms with Crippen LogP contribution >= 0.6 is 0 Å². The summed E-state index contributed by atoms with van der Waals surface area (Å²) in [6.45, 7) is 5.13. The van der Waals surface area contributed by atoms with Crippen LogP contribution in [0.3, 0.4) is 0 Å². The number of aromatic nitrogens is 2. The van der Waals surface area contributed by atoms with Crippen molar-refractivity contribution >= 4 is 5.96 Å². The molecule has 0 aliphatic carbocycles. The largest absolute Gasteiger partial charge is 0.354 e. The number of nitrogens with one attached hydrogen (secondary N) is 1. The summed E-state index contributed by atoms with van der Waals surface area (Å²) in [7, 11) is 8.05. The van der Waals surface area contributed by atoms with Crippen molar-refractivity contribution in [2.24, 2.45) is 12.0 Å². The fourth-order valence-electron chi connectivity index (χ4n) is 3.76. The lowest BCUT2D eigenvalue weighted by Gasteiger charge is -2.28. The normalized spacial score (nSPS) is 23.0. The van der Waals surface area contributed by atoms with E-state index in [2.05, 4.69) is 62.6 Å². The van der Waals surface area contributed by atoms with E-state index in [1.54, 1.807) is 0 Å². The minimum absolute atomic E-state index is 0.270. The maximum atomic E-state index is 4.52. The third kappa shape index (κ3) is 4.22. The monoisotopic (exact) mass is 345 g/mol. The molecule has 2 aliphatic rings. The molecule has 0 radical (unpaired) electrons. The van der Waals surface area contributed by atoms with Gasteiger partial charge >= 0.3 is 0 Å². The Balaban J connectivity index is 1.56. The fraction of sp³-hybridized carbons (Fsp3) is 0.667. The third-order valence-corrected chi connectivity index (χ3v) is 5.22. The maximum Gasteiger partial charge on any atom is 0.193 e. The Hall–Kier alpha value is -1.86. The summed E-state index contributed by atoms with van der Waals surface area (Å²) in [5.41, 5.74) is 1.22. The molecule has 2 atom stereocenters. The Morgan fingerprint density at radius 1 is 1.40 bits per heavy atom. The summed E-state index contributed by atoms with van der Waals surface area (Å²) in [4.78, 5) is 11.7. The van der Waals surface area contributed by atoms with Gasteiger partial charge in [-0.05, 0) is 20.5 Å². The highest BCUT2D eigenvalue weighted by atomic mass is 15.3.